The number of hydrogen-bond acceptors (Lipinski definition) is 3. The van der Waals surface area contributed by atoms with E-state index in [0.717, 1.165) is 30.7 Å². The van der Waals surface area contributed by atoms with Gasteiger partial charge in [-0.1, -0.05) is 76.1 Å². The summed E-state index contributed by atoms with van der Waals surface area (Å²) in [5, 5.41) is 0. The van der Waals surface area contributed by atoms with Crippen LogP contribution in [0.2, 0.25) is 19.6 Å². The lowest BCUT2D eigenvalue weighted by molar-refractivity contribution is 0.200. The lowest BCUT2D eigenvalue weighted by atomic mass is 10.0. The summed E-state index contributed by atoms with van der Waals surface area (Å²) in [6.07, 6.45) is 19.7. The van der Waals surface area contributed by atoms with Crippen molar-refractivity contribution in [2.75, 3.05) is 0 Å². The van der Waals surface area contributed by atoms with Crippen molar-refractivity contribution < 1.29 is 4.43 Å². The first-order valence-corrected chi connectivity index (χ1v) is 16.4. The fourth-order valence-corrected chi connectivity index (χ4v) is 5.50. The first kappa shape index (κ1) is 26.7. The van der Waals surface area contributed by atoms with Crippen molar-refractivity contribution in [2.24, 2.45) is 0 Å². The summed E-state index contributed by atoms with van der Waals surface area (Å²) in [6, 6.07) is 8.83. The molecule has 2 rings (SSSR count). The molecule has 0 bridgehead atoms. The summed E-state index contributed by atoms with van der Waals surface area (Å²) in [5.74, 6) is 0.822. The zero-order valence-electron chi connectivity index (χ0n) is 21.3. The number of rotatable bonds is 16. The van der Waals surface area contributed by atoms with E-state index in [-0.39, 0.29) is 0 Å². The standard InChI is InChI=1S/C28H46N2OSi/c1-6-7-8-9-10-11-12-13-16-25-18-20-27(21-19-25)28-29-22-26(23-30-28)17-14-15-24(2)31-32(3,4)5/h18-24H,6-17H2,1-5H3. The minimum Gasteiger partial charge on any atom is -0.415 e. The van der Waals surface area contributed by atoms with Gasteiger partial charge in [0.2, 0.25) is 0 Å². The summed E-state index contributed by atoms with van der Waals surface area (Å²) in [6.45, 7) is 11.2. The molecule has 0 saturated heterocycles. The molecule has 0 fully saturated rings. The Hall–Kier alpha value is -1.52. The molecule has 1 heterocycles. The van der Waals surface area contributed by atoms with Gasteiger partial charge in [0, 0.05) is 24.1 Å². The minimum absolute atomic E-state index is 0.339. The van der Waals surface area contributed by atoms with Gasteiger partial charge in [0.05, 0.1) is 0 Å². The van der Waals surface area contributed by atoms with Crippen molar-refractivity contribution in [1.82, 2.24) is 9.97 Å². The summed E-state index contributed by atoms with van der Waals surface area (Å²) < 4.78 is 6.12. The molecule has 0 radical (unpaired) electrons. The van der Waals surface area contributed by atoms with Gasteiger partial charge in [-0.3, -0.25) is 0 Å². The van der Waals surface area contributed by atoms with Crippen LogP contribution < -0.4 is 0 Å². The fourth-order valence-electron chi connectivity index (χ4n) is 4.17. The van der Waals surface area contributed by atoms with E-state index in [4.69, 9.17) is 4.43 Å². The predicted octanol–water partition coefficient (Wildman–Crippen LogP) is 8.39. The molecule has 32 heavy (non-hydrogen) atoms. The molecular weight excluding hydrogens is 408 g/mol. The molecule has 3 nitrogen and oxygen atoms in total. The van der Waals surface area contributed by atoms with E-state index in [1.807, 2.05) is 12.4 Å². The normalized spacial score (nSPS) is 12.8. The van der Waals surface area contributed by atoms with Crippen LogP contribution in [0.25, 0.3) is 11.4 Å². The van der Waals surface area contributed by atoms with Gasteiger partial charge < -0.3 is 4.43 Å². The van der Waals surface area contributed by atoms with Crippen molar-refractivity contribution >= 4 is 8.32 Å². The van der Waals surface area contributed by atoms with Crippen LogP contribution in [0.1, 0.15) is 89.2 Å². The third kappa shape index (κ3) is 11.4. The van der Waals surface area contributed by atoms with Crippen LogP contribution in [0.3, 0.4) is 0 Å². The molecule has 1 atom stereocenters. The highest BCUT2D eigenvalue weighted by molar-refractivity contribution is 6.69. The molecule has 0 N–H and O–H groups in total. The van der Waals surface area contributed by atoms with Crippen LogP contribution in [0.5, 0.6) is 0 Å². The monoisotopic (exact) mass is 454 g/mol. The Bertz CT molecular complexity index is 738. The lowest BCUT2D eigenvalue weighted by Gasteiger charge is -2.23. The van der Waals surface area contributed by atoms with Crippen molar-refractivity contribution in [1.29, 1.82) is 0 Å². The topological polar surface area (TPSA) is 35.0 Å². The van der Waals surface area contributed by atoms with Crippen LogP contribution in [-0.2, 0) is 17.3 Å². The first-order chi connectivity index (χ1) is 15.4. The zero-order valence-corrected chi connectivity index (χ0v) is 22.3. The van der Waals surface area contributed by atoms with Crippen LogP contribution in [0, 0.1) is 0 Å². The summed E-state index contributed by atoms with van der Waals surface area (Å²) >= 11 is 0. The van der Waals surface area contributed by atoms with E-state index in [0.29, 0.717) is 6.10 Å². The molecule has 4 heteroatoms. The average Bonchev–Trinajstić information content (AvgIpc) is 2.75. The van der Waals surface area contributed by atoms with E-state index in [2.05, 4.69) is 67.7 Å². The molecule has 0 spiro atoms. The third-order valence-corrected chi connectivity index (χ3v) is 6.98. The molecule has 1 aromatic carbocycles. The van der Waals surface area contributed by atoms with Crippen LogP contribution >= 0.6 is 0 Å². The zero-order chi connectivity index (χ0) is 23.2. The molecule has 0 amide bonds. The lowest BCUT2D eigenvalue weighted by Crippen LogP contribution is -2.30. The van der Waals surface area contributed by atoms with Gasteiger partial charge in [-0.05, 0) is 69.8 Å². The van der Waals surface area contributed by atoms with Gasteiger partial charge in [0.25, 0.3) is 0 Å². The van der Waals surface area contributed by atoms with Gasteiger partial charge in [-0.2, -0.15) is 0 Å². The number of hydrogen-bond donors (Lipinski definition) is 0. The number of aryl methyl sites for hydroxylation is 2. The van der Waals surface area contributed by atoms with Crippen LogP contribution in [0.4, 0.5) is 0 Å². The summed E-state index contributed by atoms with van der Waals surface area (Å²) in [5.41, 5.74) is 3.74. The van der Waals surface area contributed by atoms with Crippen molar-refractivity contribution in [3.63, 3.8) is 0 Å². The molecule has 1 aromatic heterocycles. The molecule has 0 aliphatic heterocycles. The van der Waals surface area contributed by atoms with E-state index < -0.39 is 8.32 Å². The Labute approximate surface area is 198 Å². The molecule has 2 aromatic rings. The molecular formula is C28H46N2OSi. The third-order valence-electron chi connectivity index (χ3n) is 5.87. The van der Waals surface area contributed by atoms with Gasteiger partial charge in [0.15, 0.2) is 14.1 Å². The quantitative estimate of drug-likeness (QED) is 0.189. The van der Waals surface area contributed by atoms with Crippen LogP contribution in [-0.4, -0.2) is 24.4 Å². The maximum atomic E-state index is 6.12. The number of unbranched alkanes of at least 4 members (excludes halogenated alkanes) is 7. The van der Waals surface area contributed by atoms with Crippen LogP contribution in [0.15, 0.2) is 36.7 Å². The number of aromatic nitrogens is 2. The van der Waals surface area contributed by atoms with E-state index in [9.17, 15) is 0 Å². The van der Waals surface area contributed by atoms with Crippen molar-refractivity contribution in [3.05, 3.63) is 47.8 Å². The Kier molecular flexibility index (Phi) is 12.2. The Morgan fingerprint density at radius 3 is 1.91 bits per heavy atom. The van der Waals surface area contributed by atoms with Gasteiger partial charge in [-0.15, -0.1) is 0 Å². The predicted molar refractivity (Wildman–Crippen MR) is 141 cm³/mol. The minimum atomic E-state index is -1.44. The summed E-state index contributed by atoms with van der Waals surface area (Å²) in [4.78, 5) is 9.23. The highest BCUT2D eigenvalue weighted by atomic mass is 28.4. The number of nitrogens with zero attached hydrogens (tertiary/aromatic N) is 2. The maximum absolute atomic E-state index is 6.12. The molecule has 0 saturated carbocycles. The summed E-state index contributed by atoms with van der Waals surface area (Å²) in [7, 11) is -1.44. The van der Waals surface area contributed by atoms with Gasteiger partial charge in [-0.25, -0.2) is 9.97 Å². The van der Waals surface area contributed by atoms with Gasteiger partial charge in [0.1, 0.15) is 0 Å². The van der Waals surface area contributed by atoms with Gasteiger partial charge >= 0.3 is 0 Å². The van der Waals surface area contributed by atoms with E-state index in [1.165, 1.54) is 68.9 Å². The van der Waals surface area contributed by atoms with Crippen molar-refractivity contribution in [2.45, 2.75) is 117 Å². The number of benzene rings is 1. The highest BCUT2D eigenvalue weighted by Gasteiger charge is 2.17. The Balaban J connectivity index is 1.69. The molecule has 1 unspecified atom stereocenters. The second-order valence-electron chi connectivity index (χ2n) is 10.3. The second-order valence-corrected chi connectivity index (χ2v) is 14.7. The largest absolute Gasteiger partial charge is 0.415 e. The second kappa shape index (κ2) is 14.6. The Morgan fingerprint density at radius 2 is 1.31 bits per heavy atom. The van der Waals surface area contributed by atoms with Crippen molar-refractivity contribution in [3.8, 4) is 11.4 Å². The molecule has 178 valence electrons. The molecule has 0 aliphatic rings. The smallest absolute Gasteiger partial charge is 0.184 e. The fraction of sp³-hybridized carbons (Fsp3) is 0.643. The highest BCUT2D eigenvalue weighted by Crippen LogP contribution is 2.18. The maximum Gasteiger partial charge on any atom is 0.184 e. The first-order valence-electron chi connectivity index (χ1n) is 13.0. The Morgan fingerprint density at radius 1 is 0.750 bits per heavy atom. The SMILES string of the molecule is CCCCCCCCCCc1ccc(-c2ncc(CCCC(C)O[Si](C)(C)C)cn2)cc1. The average molecular weight is 455 g/mol. The van der Waals surface area contributed by atoms with E-state index in [1.54, 1.807) is 0 Å². The van der Waals surface area contributed by atoms with E-state index >= 15 is 0 Å². The molecule has 0 aliphatic carbocycles.